The summed E-state index contributed by atoms with van der Waals surface area (Å²) in [7, 11) is 0. The van der Waals surface area contributed by atoms with Crippen molar-refractivity contribution in [2.45, 2.75) is 0 Å². The molecule has 2 N–H and O–H groups in total. The van der Waals surface area contributed by atoms with Gasteiger partial charge in [-0.05, 0) is 36.4 Å². The first-order valence-corrected chi connectivity index (χ1v) is 9.03. The summed E-state index contributed by atoms with van der Waals surface area (Å²) in [5.74, 6) is -4.28. The molecule has 0 aromatic heterocycles. The maximum Gasteiger partial charge on any atom is 0.337 e. The van der Waals surface area contributed by atoms with E-state index < -0.39 is 29.5 Å². The average Bonchev–Trinajstić information content (AvgIpc) is 3.02. The first-order valence-electron chi connectivity index (χ1n) is 9.03. The minimum atomic E-state index is -1.28. The molecule has 1 aliphatic rings. The van der Waals surface area contributed by atoms with Crippen molar-refractivity contribution < 1.29 is 34.2 Å². The zero-order valence-electron chi connectivity index (χ0n) is 15.7. The van der Waals surface area contributed by atoms with Crippen LogP contribution in [0.5, 0.6) is 0 Å². The predicted molar refractivity (Wildman–Crippen MR) is 108 cm³/mol. The number of hydrogen-bond acceptors (Lipinski definition) is 5. The van der Waals surface area contributed by atoms with Gasteiger partial charge in [0.25, 0.3) is 11.8 Å². The van der Waals surface area contributed by atoms with Gasteiger partial charge >= 0.3 is 11.9 Å². The highest BCUT2D eigenvalue weighted by molar-refractivity contribution is 6.35. The lowest BCUT2D eigenvalue weighted by Gasteiger charge is -2.16. The zero-order chi connectivity index (χ0) is 22.3. The minimum absolute atomic E-state index is 0.0156. The molecular weight excluding hydrogens is 402 g/mol. The van der Waals surface area contributed by atoms with Crippen LogP contribution < -0.4 is 4.90 Å². The van der Waals surface area contributed by atoms with Crippen LogP contribution in [0, 0.1) is 0 Å². The van der Waals surface area contributed by atoms with Gasteiger partial charge < -0.3 is 10.2 Å². The van der Waals surface area contributed by atoms with Crippen molar-refractivity contribution in [2.24, 2.45) is 0 Å². The third kappa shape index (κ3) is 3.25. The van der Waals surface area contributed by atoms with Crippen molar-refractivity contribution in [3.8, 4) is 0 Å². The van der Waals surface area contributed by atoms with E-state index in [4.69, 9.17) is 5.11 Å². The van der Waals surface area contributed by atoms with Gasteiger partial charge in [-0.2, -0.15) is 0 Å². The molecule has 31 heavy (non-hydrogen) atoms. The van der Waals surface area contributed by atoms with Gasteiger partial charge in [0.1, 0.15) is 0 Å². The highest BCUT2D eigenvalue weighted by Crippen LogP contribution is 2.31. The quantitative estimate of drug-likeness (QED) is 0.484. The van der Waals surface area contributed by atoms with E-state index in [1.54, 1.807) is 0 Å². The number of carbonyl (C=O) groups excluding carboxylic acids is 3. The van der Waals surface area contributed by atoms with Crippen molar-refractivity contribution in [1.29, 1.82) is 0 Å². The molecule has 0 fully saturated rings. The van der Waals surface area contributed by atoms with E-state index >= 15 is 0 Å². The van der Waals surface area contributed by atoms with E-state index in [0.29, 0.717) is 0 Å². The minimum Gasteiger partial charge on any atom is -0.478 e. The smallest absolute Gasteiger partial charge is 0.337 e. The summed E-state index contributed by atoms with van der Waals surface area (Å²) < 4.78 is 0. The number of amides is 2. The summed E-state index contributed by atoms with van der Waals surface area (Å²) in [5.41, 5.74) is 0.163. The lowest BCUT2D eigenvalue weighted by molar-refractivity contribution is 0.0686. The molecule has 3 aromatic carbocycles. The molecule has 8 heteroatoms. The van der Waals surface area contributed by atoms with Crippen molar-refractivity contribution >= 4 is 35.2 Å². The zero-order valence-corrected chi connectivity index (χ0v) is 15.7. The lowest BCUT2D eigenvalue weighted by atomic mass is 9.98. The number of hydrogen-bond donors (Lipinski definition) is 2. The highest BCUT2D eigenvalue weighted by atomic mass is 16.4. The number of benzene rings is 3. The van der Waals surface area contributed by atoms with Crippen LogP contribution in [-0.4, -0.2) is 39.7 Å². The number of rotatable bonds is 5. The average molecular weight is 415 g/mol. The van der Waals surface area contributed by atoms with Gasteiger partial charge in [0.2, 0.25) is 0 Å². The summed E-state index contributed by atoms with van der Waals surface area (Å²) in [4.78, 5) is 61.8. The number of anilines is 1. The van der Waals surface area contributed by atoms with Crippen LogP contribution in [0.4, 0.5) is 5.69 Å². The van der Waals surface area contributed by atoms with Gasteiger partial charge in [-0.1, -0.05) is 30.3 Å². The number of nitrogens with zero attached hydrogens (tertiary/aromatic N) is 1. The Morgan fingerprint density at radius 2 is 1.23 bits per heavy atom. The number of ketones is 1. The fourth-order valence-corrected chi connectivity index (χ4v) is 3.38. The van der Waals surface area contributed by atoms with Gasteiger partial charge in [0.15, 0.2) is 5.78 Å². The number of carboxylic acid groups (broad SMARTS) is 2. The lowest BCUT2D eigenvalue weighted by Crippen LogP contribution is -2.30. The summed E-state index contributed by atoms with van der Waals surface area (Å²) in [6, 6.07) is 15.0. The topological polar surface area (TPSA) is 129 Å². The fraction of sp³-hybridized carbons (Fsp3) is 0. The third-order valence-electron chi connectivity index (χ3n) is 4.92. The van der Waals surface area contributed by atoms with Crippen molar-refractivity contribution in [3.63, 3.8) is 0 Å². The Hall–Kier alpha value is -4.59. The number of carbonyl (C=O) groups is 5. The number of aromatic carboxylic acids is 2. The van der Waals surface area contributed by atoms with Crippen LogP contribution in [0.25, 0.3) is 0 Å². The number of carboxylic acids is 2. The van der Waals surface area contributed by atoms with E-state index in [-0.39, 0.29) is 39.1 Å². The van der Waals surface area contributed by atoms with Gasteiger partial charge in [-0.25, -0.2) is 14.5 Å². The second kappa shape index (κ2) is 7.34. The molecule has 2 amide bonds. The first-order chi connectivity index (χ1) is 14.8. The number of imide groups is 1. The van der Waals surface area contributed by atoms with Crippen LogP contribution in [0.15, 0.2) is 66.7 Å². The molecule has 0 unspecified atom stereocenters. The molecule has 0 radical (unpaired) electrons. The molecule has 1 aliphatic heterocycles. The Balaban J connectivity index is 1.71. The second-order valence-corrected chi connectivity index (χ2v) is 6.74. The van der Waals surface area contributed by atoms with E-state index in [0.717, 1.165) is 4.90 Å². The Morgan fingerprint density at radius 3 is 1.87 bits per heavy atom. The van der Waals surface area contributed by atoms with Gasteiger partial charge in [-0.3, -0.25) is 14.4 Å². The molecule has 1 heterocycles. The van der Waals surface area contributed by atoms with E-state index in [2.05, 4.69) is 0 Å². The first kappa shape index (κ1) is 19.7. The molecule has 0 saturated carbocycles. The van der Waals surface area contributed by atoms with Crippen LogP contribution in [0.1, 0.15) is 57.4 Å². The Morgan fingerprint density at radius 1 is 0.645 bits per heavy atom. The molecule has 0 atom stereocenters. The molecule has 152 valence electrons. The van der Waals surface area contributed by atoms with Crippen LogP contribution in [0.3, 0.4) is 0 Å². The molecule has 0 saturated heterocycles. The van der Waals surface area contributed by atoms with Crippen molar-refractivity contribution in [3.05, 3.63) is 100 Å². The monoisotopic (exact) mass is 415 g/mol. The summed E-state index contributed by atoms with van der Waals surface area (Å²) in [5, 5.41) is 18.3. The van der Waals surface area contributed by atoms with E-state index in [9.17, 15) is 29.1 Å². The van der Waals surface area contributed by atoms with Crippen LogP contribution in [-0.2, 0) is 0 Å². The molecule has 0 aliphatic carbocycles. The highest BCUT2D eigenvalue weighted by Gasteiger charge is 2.38. The van der Waals surface area contributed by atoms with Crippen molar-refractivity contribution in [2.75, 3.05) is 4.90 Å². The Bertz CT molecular complexity index is 1290. The summed E-state index contributed by atoms with van der Waals surface area (Å²) in [6.45, 7) is 0. The van der Waals surface area contributed by atoms with Gasteiger partial charge in [-0.15, -0.1) is 0 Å². The van der Waals surface area contributed by atoms with Crippen molar-refractivity contribution in [1.82, 2.24) is 0 Å². The SMILES string of the molecule is O=C(O)c1ccc(C(=O)c2ccc3c(c2)C(=O)N(c2ccccc2C(=O)O)C3=O)cc1. The molecule has 0 spiro atoms. The Kier molecular flexibility index (Phi) is 4.67. The van der Waals surface area contributed by atoms with Gasteiger partial charge in [0, 0.05) is 11.1 Å². The third-order valence-corrected chi connectivity index (χ3v) is 4.92. The molecule has 4 rings (SSSR count). The number of para-hydroxylation sites is 1. The molecule has 3 aromatic rings. The largest absolute Gasteiger partial charge is 0.478 e. The maximum absolute atomic E-state index is 12.9. The van der Waals surface area contributed by atoms with E-state index in [1.165, 1.54) is 66.7 Å². The standard InChI is InChI=1S/C23H13NO7/c25-19(12-5-7-13(8-6-12)22(28)29)14-9-10-15-17(11-14)21(27)24(20(15)26)18-4-2-1-3-16(18)23(30)31/h1-11H,(H,28,29)(H,30,31). The Labute approximate surface area is 175 Å². The fourth-order valence-electron chi connectivity index (χ4n) is 3.38. The molecule has 0 bridgehead atoms. The second-order valence-electron chi connectivity index (χ2n) is 6.74. The number of fused-ring (bicyclic) bond motifs is 1. The van der Waals surface area contributed by atoms with Crippen LogP contribution in [0.2, 0.25) is 0 Å². The normalized spacial score (nSPS) is 12.6. The van der Waals surface area contributed by atoms with E-state index in [1.807, 2.05) is 0 Å². The predicted octanol–water partition coefficient (Wildman–Crippen LogP) is 3.11. The maximum atomic E-state index is 12.9. The molecular formula is C23H13NO7. The summed E-state index contributed by atoms with van der Waals surface area (Å²) in [6.07, 6.45) is 0. The molecule has 8 nitrogen and oxygen atoms in total. The summed E-state index contributed by atoms with van der Waals surface area (Å²) >= 11 is 0. The van der Waals surface area contributed by atoms with Crippen LogP contribution >= 0.6 is 0 Å². The van der Waals surface area contributed by atoms with Gasteiger partial charge in [0.05, 0.1) is 27.9 Å².